The molecule has 0 bridgehead atoms. The van der Waals surface area contributed by atoms with E-state index in [1.54, 1.807) is 25.1 Å². The minimum absolute atomic E-state index is 0.129. The molecule has 0 unspecified atom stereocenters. The Labute approximate surface area is 121 Å². The van der Waals surface area contributed by atoms with E-state index in [0.717, 1.165) is 0 Å². The van der Waals surface area contributed by atoms with Gasteiger partial charge < -0.3 is 4.90 Å². The second-order valence-electron chi connectivity index (χ2n) is 4.04. The molecule has 0 aliphatic rings. The fourth-order valence-electron chi connectivity index (χ4n) is 1.30. The van der Waals surface area contributed by atoms with Crippen LogP contribution in [0, 0.1) is 17.1 Å². The SMILES string of the molecule is CN(C)/C=C(/C#N)C(=O)NOCc1c(F)cccc1Cl. The van der Waals surface area contributed by atoms with Crippen LogP contribution in [0.2, 0.25) is 5.02 Å². The lowest BCUT2D eigenvalue weighted by molar-refractivity contribution is -0.130. The summed E-state index contributed by atoms with van der Waals surface area (Å²) in [5.41, 5.74) is 2.06. The van der Waals surface area contributed by atoms with Gasteiger partial charge in [0, 0.05) is 30.9 Å². The van der Waals surface area contributed by atoms with E-state index < -0.39 is 11.7 Å². The Morgan fingerprint density at radius 1 is 1.60 bits per heavy atom. The molecule has 0 heterocycles. The van der Waals surface area contributed by atoms with Gasteiger partial charge in [-0.2, -0.15) is 5.26 Å². The van der Waals surface area contributed by atoms with Gasteiger partial charge >= 0.3 is 0 Å². The van der Waals surface area contributed by atoms with Crippen LogP contribution in [0.5, 0.6) is 0 Å². The predicted molar refractivity (Wildman–Crippen MR) is 71.7 cm³/mol. The molecule has 0 fully saturated rings. The van der Waals surface area contributed by atoms with E-state index in [2.05, 4.69) is 5.48 Å². The number of hydroxylamine groups is 1. The number of benzene rings is 1. The molecule has 20 heavy (non-hydrogen) atoms. The molecule has 0 spiro atoms. The van der Waals surface area contributed by atoms with E-state index in [9.17, 15) is 9.18 Å². The Kier molecular flexibility index (Phi) is 5.97. The fourth-order valence-corrected chi connectivity index (χ4v) is 1.51. The second kappa shape index (κ2) is 7.48. The van der Waals surface area contributed by atoms with Crippen molar-refractivity contribution in [1.29, 1.82) is 5.26 Å². The minimum Gasteiger partial charge on any atom is -0.382 e. The standard InChI is InChI=1S/C13H13ClFN3O2/c1-18(2)7-9(6-16)13(19)17-20-8-10-11(14)4-3-5-12(10)15/h3-5,7H,8H2,1-2H3,(H,17,19)/b9-7-. The van der Waals surface area contributed by atoms with E-state index in [-0.39, 0.29) is 22.8 Å². The summed E-state index contributed by atoms with van der Waals surface area (Å²) in [5, 5.41) is 9.01. The second-order valence-corrected chi connectivity index (χ2v) is 4.45. The largest absolute Gasteiger partial charge is 0.382 e. The predicted octanol–water partition coefficient (Wildman–Crippen LogP) is 2.00. The molecule has 1 amide bonds. The van der Waals surface area contributed by atoms with Crippen LogP contribution in [-0.2, 0) is 16.2 Å². The van der Waals surface area contributed by atoms with Crippen LogP contribution < -0.4 is 5.48 Å². The Morgan fingerprint density at radius 2 is 2.30 bits per heavy atom. The summed E-state index contributed by atoms with van der Waals surface area (Å²) >= 11 is 5.80. The lowest BCUT2D eigenvalue weighted by atomic mass is 10.2. The first-order valence-electron chi connectivity index (χ1n) is 5.59. The third-order valence-electron chi connectivity index (χ3n) is 2.20. The summed E-state index contributed by atoms with van der Waals surface area (Å²) in [5.74, 6) is -1.25. The molecule has 1 N–H and O–H groups in total. The van der Waals surface area contributed by atoms with Crippen LogP contribution in [0.25, 0.3) is 0 Å². The Balaban J connectivity index is 2.61. The highest BCUT2D eigenvalue weighted by molar-refractivity contribution is 6.31. The summed E-state index contributed by atoms with van der Waals surface area (Å²) < 4.78 is 13.4. The average molecular weight is 298 g/mol. The van der Waals surface area contributed by atoms with Crippen molar-refractivity contribution < 1.29 is 14.0 Å². The van der Waals surface area contributed by atoms with Gasteiger partial charge in [0.25, 0.3) is 5.91 Å². The first-order valence-corrected chi connectivity index (χ1v) is 5.97. The maximum atomic E-state index is 13.4. The van der Waals surface area contributed by atoms with Gasteiger partial charge in [0.1, 0.15) is 24.1 Å². The number of nitriles is 1. The number of halogens is 2. The molecule has 0 aliphatic carbocycles. The molecule has 0 radical (unpaired) electrons. The highest BCUT2D eigenvalue weighted by Crippen LogP contribution is 2.19. The monoisotopic (exact) mass is 297 g/mol. The lowest BCUT2D eigenvalue weighted by Crippen LogP contribution is -2.26. The van der Waals surface area contributed by atoms with Gasteiger partial charge in [-0.25, -0.2) is 9.87 Å². The zero-order valence-corrected chi connectivity index (χ0v) is 11.7. The number of hydrogen-bond acceptors (Lipinski definition) is 4. The molecule has 5 nitrogen and oxygen atoms in total. The van der Waals surface area contributed by atoms with E-state index >= 15 is 0 Å². The van der Waals surface area contributed by atoms with Crippen LogP contribution in [0.15, 0.2) is 30.0 Å². The van der Waals surface area contributed by atoms with Gasteiger partial charge in [-0.15, -0.1) is 0 Å². The van der Waals surface area contributed by atoms with E-state index in [1.807, 2.05) is 0 Å². The summed E-state index contributed by atoms with van der Waals surface area (Å²) in [4.78, 5) is 18.0. The third kappa shape index (κ3) is 4.53. The zero-order valence-electron chi connectivity index (χ0n) is 11.0. The van der Waals surface area contributed by atoms with Crippen LogP contribution in [0.3, 0.4) is 0 Å². The van der Waals surface area contributed by atoms with Crippen LogP contribution in [0.1, 0.15) is 5.56 Å². The fraction of sp³-hybridized carbons (Fsp3) is 0.231. The molecule has 0 saturated heterocycles. The third-order valence-corrected chi connectivity index (χ3v) is 2.55. The van der Waals surface area contributed by atoms with E-state index in [1.165, 1.54) is 24.4 Å². The first kappa shape index (κ1) is 16.0. The van der Waals surface area contributed by atoms with Crippen molar-refractivity contribution in [3.63, 3.8) is 0 Å². The van der Waals surface area contributed by atoms with Crippen molar-refractivity contribution >= 4 is 17.5 Å². The van der Waals surface area contributed by atoms with Gasteiger partial charge in [0.05, 0.1) is 0 Å². The average Bonchev–Trinajstić information content (AvgIpc) is 2.39. The lowest BCUT2D eigenvalue weighted by Gasteiger charge is -2.09. The van der Waals surface area contributed by atoms with Gasteiger partial charge in [-0.05, 0) is 12.1 Å². The number of hydrogen-bond donors (Lipinski definition) is 1. The van der Waals surface area contributed by atoms with Crippen molar-refractivity contribution in [1.82, 2.24) is 10.4 Å². The molecular formula is C13H13ClFN3O2. The molecule has 1 aromatic carbocycles. The zero-order chi connectivity index (χ0) is 15.1. The molecule has 0 aromatic heterocycles. The van der Waals surface area contributed by atoms with Crippen molar-refractivity contribution in [2.45, 2.75) is 6.61 Å². The smallest absolute Gasteiger partial charge is 0.286 e. The van der Waals surface area contributed by atoms with Gasteiger partial charge in [-0.3, -0.25) is 9.63 Å². The summed E-state index contributed by atoms with van der Waals surface area (Å²) in [6.07, 6.45) is 1.34. The normalized spacial score (nSPS) is 10.8. The highest BCUT2D eigenvalue weighted by atomic mass is 35.5. The molecule has 0 saturated carbocycles. The van der Waals surface area contributed by atoms with Crippen molar-refractivity contribution in [3.8, 4) is 6.07 Å². The maximum Gasteiger partial charge on any atom is 0.286 e. The van der Waals surface area contributed by atoms with Gasteiger partial charge in [0.2, 0.25) is 0 Å². The number of carbonyl (C=O) groups excluding carboxylic acids is 1. The molecule has 106 valence electrons. The number of nitrogens with zero attached hydrogens (tertiary/aromatic N) is 2. The molecule has 0 atom stereocenters. The minimum atomic E-state index is -0.714. The number of nitrogens with one attached hydrogen (secondary N) is 1. The molecule has 1 rings (SSSR count). The summed E-state index contributed by atoms with van der Waals surface area (Å²) in [6.45, 7) is -0.238. The number of amides is 1. The number of carbonyl (C=O) groups is 1. The van der Waals surface area contributed by atoms with E-state index in [4.69, 9.17) is 21.7 Å². The van der Waals surface area contributed by atoms with Crippen molar-refractivity contribution in [3.05, 3.63) is 46.4 Å². The Hall–Kier alpha value is -2.10. The topological polar surface area (TPSA) is 65.4 Å². The molecule has 7 heteroatoms. The van der Waals surface area contributed by atoms with Crippen LogP contribution >= 0.6 is 11.6 Å². The van der Waals surface area contributed by atoms with Crippen molar-refractivity contribution in [2.75, 3.05) is 14.1 Å². The maximum absolute atomic E-state index is 13.4. The Morgan fingerprint density at radius 3 is 2.85 bits per heavy atom. The van der Waals surface area contributed by atoms with Gasteiger partial charge in [0.15, 0.2) is 0 Å². The van der Waals surface area contributed by atoms with E-state index in [0.29, 0.717) is 0 Å². The molecular weight excluding hydrogens is 285 g/mol. The van der Waals surface area contributed by atoms with Crippen LogP contribution in [-0.4, -0.2) is 24.9 Å². The first-order chi connectivity index (χ1) is 9.45. The van der Waals surface area contributed by atoms with Crippen LogP contribution in [0.4, 0.5) is 4.39 Å². The van der Waals surface area contributed by atoms with Crippen molar-refractivity contribution in [2.24, 2.45) is 0 Å². The highest BCUT2D eigenvalue weighted by Gasteiger charge is 2.11. The van der Waals surface area contributed by atoms with Gasteiger partial charge in [-0.1, -0.05) is 17.7 Å². The molecule has 1 aromatic rings. The molecule has 0 aliphatic heterocycles. The quantitative estimate of drug-likeness (QED) is 0.513. The summed E-state index contributed by atoms with van der Waals surface area (Å²) in [7, 11) is 3.34. The number of rotatable bonds is 5. The Bertz CT molecular complexity index is 547. The summed E-state index contributed by atoms with van der Waals surface area (Å²) in [6, 6.07) is 5.94.